The number of hydrogen-bond donors (Lipinski definition) is 4. The summed E-state index contributed by atoms with van der Waals surface area (Å²) in [6.07, 6.45) is 0. The Balaban J connectivity index is 2.00. The Kier molecular flexibility index (Phi) is 3.06. The smallest absolute Gasteiger partial charge is 0.335 e. The first-order valence-electron chi connectivity index (χ1n) is 6.36. The van der Waals surface area contributed by atoms with Crippen LogP contribution >= 0.6 is 0 Å². The maximum absolute atomic E-state index is 11.8. The number of hydrogen-bond acceptors (Lipinski definition) is 5. The quantitative estimate of drug-likeness (QED) is 0.564. The van der Waals surface area contributed by atoms with Gasteiger partial charge in [0.2, 0.25) is 0 Å². The molecule has 3 rings (SSSR count). The van der Waals surface area contributed by atoms with Gasteiger partial charge in [0, 0.05) is 6.07 Å². The van der Waals surface area contributed by atoms with E-state index in [4.69, 9.17) is 10.8 Å². The fourth-order valence-corrected chi connectivity index (χ4v) is 2.22. The summed E-state index contributed by atoms with van der Waals surface area (Å²) in [6, 6.07) is 7.58. The van der Waals surface area contributed by atoms with Crippen molar-refractivity contribution in [3.8, 4) is 5.88 Å². The number of nitrogens with one attached hydrogen (secondary N) is 1. The molecule has 0 aliphatic rings. The largest absolute Gasteiger partial charge is 0.494 e. The molecule has 112 valence electrons. The molecule has 0 bridgehead atoms. The van der Waals surface area contributed by atoms with E-state index in [1.807, 2.05) is 0 Å². The summed E-state index contributed by atoms with van der Waals surface area (Å²) in [5, 5.41) is 22.6. The molecule has 0 unspecified atom stereocenters. The van der Waals surface area contributed by atoms with Gasteiger partial charge in [-0.25, -0.2) is 9.48 Å². The molecule has 3 aromatic rings. The maximum atomic E-state index is 11.8. The Morgan fingerprint density at radius 1 is 1.32 bits per heavy atom. The Hall–Kier alpha value is -3.29. The number of carbonyl (C=O) groups is 1. The first-order valence-corrected chi connectivity index (χ1v) is 6.36. The number of aromatic hydroxyl groups is 1. The number of nitrogens with two attached hydrogens (primary N) is 1. The molecule has 0 aliphatic heterocycles. The number of rotatable bonds is 3. The molecule has 0 aliphatic carbocycles. The molecule has 8 heteroatoms. The van der Waals surface area contributed by atoms with E-state index in [2.05, 4.69) is 10.1 Å². The molecule has 22 heavy (non-hydrogen) atoms. The second-order valence-electron chi connectivity index (χ2n) is 4.79. The molecule has 0 saturated heterocycles. The summed E-state index contributed by atoms with van der Waals surface area (Å²) in [6.45, 7) is 0.278. The molecule has 0 fully saturated rings. The maximum Gasteiger partial charge on any atom is 0.335 e. The first-order chi connectivity index (χ1) is 10.5. The summed E-state index contributed by atoms with van der Waals surface area (Å²) in [5.74, 6) is -1.11. The lowest BCUT2D eigenvalue weighted by molar-refractivity contribution is 0.0697. The number of fused-ring (bicyclic) bond motifs is 1. The van der Waals surface area contributed by atoms with Crippen molar-refractivity contribution < 1.29 is 15.0 Å². The SMILES string of the molecule is Nc1c2c(=O)[nH]c(O)cc2nn1Cc1ccc(C(=O)O)cc1. The topological polar surface area (TPSA) is 134 Å². The molecule has 1 aromatic carbocycles. The van der Waals surface area contributed by atoms with Gasteiger partial charge in [0.15, 0.2) is 5.88 Å². The highest BCUT2D eigenvalue weighted by Crippen LogP contribution is 2.20. The van der Waals surface area contributed by atoms with Crippen LogP contribution in [0.4, 0.5) is 5.82 Å². The van der Waals surface area contributed by atoms with Crippen molar-refractivity contribution in [2.45, 2.75) is 6.54 Å². The standard InChI is InChI=1S/C14H12N4O4/c15-12-11-9(5-10(19)16-13(11)20)17-18(12)6-7-1-3-8(4-2-7)14(21)22/h1-5,19H,6,15H2,(H,16,20)(H,21,22). The summed E-state index contributed by atoms with van der Waals surface area (Å²) < 4.78 is 1.43. The Morgan fingerprint density at radius 3 is 2.64 bits per heavy atom. The molecule has 5 N–H and O–H groups in total. The van der Waals surface area contributed by atoms with Gasteiger partial charge in [-0.1, -0.05) is 12.1 Å². The number of nitrogen functional groups attached to an aromatic ring is 1. The second-order valence-corrected chi connectivity index (χ2v) is 4.79. The number of H-pyrrole nitrogens is 1. The third-order valence-corrected chi connectivity index (χ3v) is 3.29. The summed E-state index contributed by atoms with van der Waals surface area (Å²) in [4.78, 5) is 24.9. The van der Waals surface area contributed by atoms with Gasteiger partial charge in [0.05, 0.1) is 12.1 Å². The Morgan fingerprint density at radius 2 is 2.00 bits per heavy atom. The average Bonchev–Trinajstić information content (AvgIpc) is 2.75. The highest BCUT2D eigenvalue weighted by Gasteiger charge is 2.13. The van der Waals surface area contributed by atoms with Crippen LogP contribution in [0.2, 0.25) is 0 Å². The number of benzene rings is 1. The van der Waals surface area contributed by atoms with Gasteiger partial charge in [-0.2, -0.15) is 5.10 Å². The number of aromatic nitrogens is 3. The van der Waals surface area contributed by atoms with Crippen LogP contribution in [-0.4, -0.2) is 30.9 Å². The van der Waals surface area contributed by atoms with Crippen LogP contribution in [0.25, 0.3) is 10.9 Å². The van der Waals surface area contributed by atoms with E-state index in [1.54, 1.807) is 12.1 Å². The molecule has 0 amide bonds. The predicted octanol–water partition coefficient (Wildman–Crippen LogP) is 0.759. The lowest BCUT2D eigenvalue weighted by Crippen LogP contribution is -2.09. The van der Waals surface area contributed by atoms with E-state index in [9.17, 15) is 14.7 Å². The minimum Gasteiger partial charge on any atom is -0.494 e. The molecule has 0 radical (unpaired) electrons. The Labute approximate surface area is 123 Å². The number of aromatic carboxylic acids is 1. The summed E-state index contributed by atoms with van der Waals surface area (Å²) >= 11 is 0. The van der Waals surface area contributed by atoms with Crippen molar-refractivity contribution in [1.29, 1.82) is 0 Å². The van der Waals surface area contributed by atoms with Gasteiger partial charge in [-0.3, -0.25) is 9.78 Å². The van der Waals surface area contributed by atoms with E-state index in [0.29, 0.717) is 5.52 Å². The van der Waals surface area contributed by atoms with Crippen LogP contribution < -0.4 is 11.3 Å². The van der Waals surface area contributed by atoms with Crippen LogP contribution in [0.3, 0.4) is 0 Å². The van der Waals surface area contributed by atoms with Gasteiger partial charge in [-0.05, 0) is 17.7 Å². The van der Waals surface area contributed by atoms with Gasteiger partial charge >= 0.3 is 5.97 Å². The van der Waals surface area contributed by atoms with Crippen molar-refractivity contribution >= 4 is 22.7 Å². The average molecular weight is 300 g/mol. The number of pyridine rings is 1. The fourth-order valence-electron chi connectivity index (χ4n) is 2.22. The predicted molar refractivity (Wildman–Crippen MR) is 78.9 cm³/mol. The van der Waals surface area contributed by atoms with Crippen molar-refractivity contribution in [3.05, 3.63) is 51.8 Å². The van der Waals surface area contributed by atoms with Crippen LogP contribution in [0.15, 0.2) is 35.1 Å². The van der Waals surface area contributed by atoms with Crippen LogP contribution in [0.1, 0.15) is 15.9 Å². The molecule has 2 aromatic heterocycles. The highest BCUT2D eigenvalue weighted by atomic mass is 16.4. The van der Waals surface area contributed by atoms with Crippen molar-refractivity contribution in [1.82, 2.24) is 14.8 Å². The monoisotopic (exact) mass is 300 g/mol. The molecule has 0 atom stereocenters. The van der Waals surface area contributed by atoms with Crippen LogP contribution in [0.5, 0.6) is 5.88 Å². The zero-order valence-electron chi connectivity index (χ0n) is 11.3. The fraction of sp³-hybridized carbons (Fsp3) is 0.0714. The molecule has 8 nitrogen and oxygen atoms in total. The van der Waals surface area contributed by atoms with Gasteiger partial charge in [-0.15, -0.1) is 0 Å². The van der Waals surface area contributed by atoms with Crippen molar-refractivity contribution in [2.75, 3.05) is 5.73 Å². The number of carboxylic acid groups (broad SMARTS) is 1. The second kappa shape index (κ2) is 4.92. The summed E-state index contributed by atoms with van der Waals surface area (Å²) in [7, 11) is 0. The minimum absolute atomic E-state index is 0.179. The van der Waals surface area contributed by atoms with Crippen molar-refractivity contribution in [2.24, 2.45) is 0 Å². The molecule has 0 saturated carbocycles. The summed E-state index contributed by atoms with van der Waals surface area (Å²) in [5.41, 5.74) is 6.67. The Bertz CT molecular complexity index is 924. The highest BCUT2D eigenvalue weighted by molar-refractivity contribution is 5.89. The third kappa shape index (κ3) is 2.26. The number of anilines is 1. The van der Waals surface area contributed by atoms with Gasteiger partial charge in [0.25, 0.3) is 5.56 Å². The lowest BCUT2D eigenvalue weighted by Gasteiger charge is -2.04. The molecule has 2 heterocycles. The number of aromatic amines is 1. The lowest BCUT2D eigenvalue weighted by atomic mass is 10.1. The van der Waals surface area contributed by atoms with Crippen LogP contribution in [-0.2, 0) is 6.54 Å². The van der Waals surface area contributed by atoms with Gasteiger partial charge < -0.3 is 15.9 Å². The molecular formula is C14H12N4O4. The van der Waals surface area contributed by atoms with E-state index in [-0.39, 0.29) is 29.2 Å². The number of carboxylic acids is 1. The molecular weight excluding hydrogens is 288 g/mol. The zero-order valence-corrected chi connectivity index (χ0v) is 11.3. The normalized spacial score (nSPS) is 10.9. The van der Waals surface area contributed by atoms with Crippen LogP contribution in [0, 0.1) is 0 Å². The zero-order chi connectivity index (χ0) is 15.9. The number of nitrogens with zero attached hydrogens (tertiary/aromatic N) is 2. The van der Waals surface area contributed by atoms with Gasteiger partial charge in [0.1, 0.15) is 16.7 Å². The van der Waals surface area contributed by atoms with E-state index in [1.165, 1.54) is 22.9 Å². The van der Waals surface area contributed by atoms with Crippen molar-refractivity contribution in [3.63, 3.8) is 0 Å². The third-order valence-electron chi connectivity index (χ3n) is 3.29. The first kappa shape index (κ1) is 13.7. The minimum atomic E-state index is -1.00. The van der Waals surface area contributed by atoms with E-state index in [0.717, 1.165) is 5.56 Å². The van der Waals surface area contributed by atoms with E-state index >= 15 is 0 Å². The molecule has 0 spiro atoms. The van der Waals surface area contributed by atoms with E-state index < -0.39 is 11.5 Å².